The molecule has 2 unspecified atom stereocenters. The van der Waals surface area contributed by atoms with Gasteiger partial charge < -0.3 is 20.0 Å². The number of hydrogen-bond acceptors (Lipinski definition) is 5. The monoisotopic (exact) mass is 704 g/mol. The number of Topliss-reactive ketones (excluding diaryl/α,β-unsaturated/α-hetero) is 1. The molecule has 0 saturated carbocycles. The van der Waals surface area contributed by atoms with Gasteiger partial charge in [-0.25, -0.2) is 0 Å². The van der Waals surface area contributed by atoms with Gasteiger partial charge in [0, 0.05) is 25.9 Å². The number of aliphatic hydroxyl groups excluding tert-OH is 2. The average Bonchev–Trinajstić information content (AvgIpc) is 3.14. The van der Waals surface area contributed by atoms with Crippen molar-refractivity contribution in [3.05, 3.63) is 119 Å². The maximum absolute atomic E-state index is 12.5. The van der Waals surface area contributed by atoms with E-state index in [1.807, 2.05) is 24.3 Å². The van der Waals surface area contributed by atoms with Crippen molar-refractivity contribution in [1.29, 1.82) is 0 Å². The lowest BCUT2D eigenvalue weighted by Gasteiger charge is -2.17. The summed E-state index contributed by atoms with van der Waals surface area (Å²) in [6.45, 7) is 1.83. The Labute approximate surface area is 314 Å². The highest BCUT2D eigenvalue weighted by molar-refractivity contribution is 5.78. The first-order chi connectivity index (χ1) is 25.2. The van der Waals surface area contributed by atoms with Crippen molar-refractivity contribution in [2.75, 3.05) is 28.2 Å². The largest absolute Gasteiger partial charge is 0.388 e. The van der Waals surface area contributed by atoms with Crippen LogP contribution in [0.4, 0.5) is 0 Å². The highest BCUT2D eigenvalue weighted by Crippen LogP contribution is 2.33. The zero-order valence-corrected chi connectivity index (χ0v) is 32.4. The van der Waals surface area contributed by atoms with Crippen molar-refractivity contribution < 1.29 is 15.0 Å². The summed E-state index contributed by atoms with van der Waals surface area (Å²) in [5.41, 5.74) is 9.08. The van der Waals surface area contributed by atoms with Gasteiger partial charge in [-0.3, -0.25) is 4.79 Å². The van der Waals surface area contributed by atoms with Gasteiger partial charge in [0.2, 0.25) is 0 Å². The summed E-state index contributed by atoms with van der Waals surface area (Å²) in [4.78, 5) is 16.8. The number of ketones is 1. The predicted molar refractivity (Wildman–Crippen MR) is 218 cm³/mol. The number of unbranched alkanes of at least 4 members (excludes halogenated alkanes) is 8. The lowest BCUT2D eigenvalue weighted by atomic mass is 9.93. The quantitative estimate of drug-likeness (QED) is 0.0711. The van der Waals surface area contributed by atoms with E-state index in [1.54, 1.807) is 0 Å². The Hall–Kier alpha value is -3.61. The predicted octanol–water partition coefficient (Wildman–Crippen LogP) is 10.9. The van der Waals surface area contributed by atoms with Crippen molar-refractivity contribution >= 4 is 5.78 Å². The summed E-state index contributed by atoms with van der Waals surface area (Å²) in [5, 5.41) is 22.1. The van der Waals surface area contributed by atoms with Gasteiger partial charge in [0.15, 0.2) is 0 Å². The minimum atomic E-state index is -0.470. The van der Waals surface area contributed by atoms with E-state index in [9.17, 15) is 15.0 Å². The lowest BCUT2D eigenvalue weighted by Crippen LogP contribution is -2.10. The fourth-order valence-corrected chi connectivity index (χ4v) is 7.23. The van der Waals surface area contributed by atoms with Crippen LogP contribution in [0.25, 0.3) is 22.3 Å². The van der Waals surface area contributed by atoms with Crippen LogP contribution in [0.5, 0.6) is 0 Å². The molecule has 0 aromatic heterocycles. The highest BCUT2D eigenvalue weighted by Gasteiger charge is 2.15. The van der Waals surface area contributed by atoms with Gasteiger partial charge in [0.25, 0.3) is 0 Å². The van der Waals surface area contributed by atoms with E-state index in [0.717, 1.165) is 124 Å². The molecule has 0 heterocycles. The molecule has 4 aromatic rings. The third kappa shape index (κ3) is 14.1. The SMILES string of the molecule is CN(C)Cc1ccc(-c2ccccc2C(O)CCCCCCCC(=O)CCCCCCCC(O)c2ccccc2-c2ccc(CN(C)C)cc2)cc1. The molecule has 0 fully saturated rings. The number of rotatable bonds is 24. The van der Waals surface area contributed by atoms with E-state index in [-0.39, 0.29) is 0 Å². The van der Waals surface area contributed by atoms with E-state index in [4.69, 9.17) is 0 Å². The van der Waals surface area contributed by atoms with Gasteiger partial charge in [-0.05, 0) is 98.4 Å². The molecule has 0 spiro atoms. The van der Waals surface area contributed by atoms with Gasteiger partial charge in [-0.2, -0.15) is 0 Å². The Balaban J connectivity index is 1.03. The summed E-state index contributed by atoms with van der Waals surface area (Å²) in [5.74, 6) is 0.392. The zero-order valence-electron chi connectivity index (χ0n) is 32.4. The second-order valence-electron chi connectivity index (χ2n) is 15.2. The number of nitrogens with zero attached hydrogens (tertiary/aromatic N) is 2. The van der Waals surface area contributed by atoms with Gasteiger partial charge in [0.1, 0.15) is 5.78 Å². The molecule has 0 aliphatic rings. The normalized spacial score (nSPS) is 12.8. The van der Waals surface area contributed by atoms with Crippen LogP contribution < -0.4 is 0 Å². The van der Waals surface area contributed by atoms with Gasteiger partial charge in [-0.1, -0.05) is 148 Å². The van der Waals surface area contributed by atoms with E-state index >= 15 is 0 Å². The maximum Gasteiger partial charge on any atom is 0.132 e. The topological polar surface area (TPSA) is 64.0 Å². The molecular formula is C47H64N2O3. The molecule has 2 atom stereocenters. The fourth-order valence-electron chi connectivity index (χ4n) is 7.23. The summed E-state index contributed by atoms with van der Waals surface area (Å²) < 4.78 is 0. The minimum Gasteiger partial charge on any atom is -0.388 e. The fraction of sp³-hybridized carbons (Fsp3) is 0.468. The highest BCUT2D eigenvalue weighted by atomic mass is 16.3. The Kier molecular flexibility index (Phi) is 17.8. The van der Waals surface area contributed by atoms with Crippen molar-refractivity contribution in [3.63, 3.8) is 0 Å². The molecule has 280 valence electrons. The Morgan fingerprint density at radius 1 is 0.481 bits per heavy atom. The van der Waals surface area contributed by atoms with Crippen LogP contribution in [0, 0.1) is 0 Å². The molecule has 0 bridgehead atoms. The van der Waals surface area contributed by atoms with E-state index in [0.29, 0.717) is 18.6 Å². The number of benzene rings is 4. The average molecular weight is 705 g/mol. The molecule has 5 heteroatoms. The van der Waals surface area contributed by atoms with Crippen molar-refractivity contribution in [2.24, 2.45) is 0 Å². The molecular weight excluding hydrogens is 641 g/mol. The van der Waals surface area contributed by atoms with Crippen LogP contribution in [0.2, 0.25) is 0 Å². The lowest BCUT2D eigenvalue weighted by molar-refractivity contribution is -0.119. The third-order valence-electron chi connectivity index (χ3n) is 10.0. The summed E-state index contributed by atoms with van der Waals surface area (Å²) in [6.07, 6.45) is 12.4. The van der Waals surface area contributed by atoms with E-state index < -0.39 is 12.2 Å². The smallest absolute Gasteiger partial charge is 0.132 e. The maximum atomic E-state index is 12.5. The number of aliphatic hydroxyl groups is 2. The Morgan fingerprint density at radius 3 is 1.21 bits per heavy atom. The number of carbonyl (C=O) groups is 1. The molecule has 0 radical (unpaired) electrons. The van der Waals surface area contributed by atoms with Crippen molar-refractivity contribution in [3.8, 4) is 22.3 Å². The molecule has 0 aliphatic carbocycles. The van der Waals surface area contributed by atoms with Gasteiger partial charge in [-0.15, -0.1) is 0 Å². The van der Waals surface area contributed by atoms with E-state index in [2.05, 4.69) is 111 Å². The number of carbonyl (C=O) groups excluding carboxylic acids is 1. The molecule has 52 heavy (non-hydrogen) atoms. The van der Waals surface area contributed by atoms with Crippen LogP contribution in [-0.2, 0) is 17.9 Å². The van der Waals surface area contributed by atoms with Crippen LogP contribution in [0.15, 0.2) is 97.1 Å². The molecule has 0 aliphatic heterocycles. The van der Waals surface area contributed by atoms with Crippen molar-refractivity contribution in [1.82, 2.24) is 9.80 Å². The van der Waals surface area contributed by atoms with Crippen LogP contribution in [0.1, 0.15) is 124 Å². The molecule has 2 N–H and O–H groups in total. The molecule has 4 rings (SSSR count). The molecule has 0 amide bonds. The first-order valence-corrected chi connectivity index (χ1v) is 19.7. The summed E-state index contributed by atoms with van der Waals surface area (Å²) in [6, 6.07) is 33.8. The molecule has 5 nitrogen and oxygen atoms in total. The van der Waals surface area contributed by atoms with Crippen LogP contribution >= 0.6 is 0 Å². The molecule has 4 aromatic carbocycles. The third-order valence-corrected chi connectivity index (χ3v) is 10.0. The van der Waals surface area contributed by atoms with Gasteiger partial charge >= 0.3 is 0 Å². The second-order valence-corrected chi connectivity index (χ2v) is 15.2. The Morgan fingerprint density at radius 2 is 0.827 bits per heavy atom. The second kappa shape index (κ2) is 22.5. The summed E-state index contributed by atoms with van der Waals surface area (Å²) >= 11 is 0. The first-order valence-electron chi connectivity index (χ1n) is 19.7. The van der Waals surface area contributed by atoms with Gasteiger partial charge in [0.05, 0.1) is 12.2 Å². The number of hydrogen-bond donors (Lipinski definition) is 2. The minimum absolute atomic E-state index is 0.392. The van der Waals surface area contributed by atoms with E-state index in [1.165, 1.54) is 11.1 Å². The molecule has 0 saturated heterocycles. The standard InChI is InChI=1S/C47H64N2O3/c1-48(2)35-37-27-31-39(32-28-37)42-21-15-17-23-44(42)46(51)25-13-9-5-7-11-19-41(50)20-12-8-6-10-14-26-47(52)45-24-18-16-22-43(45)40-33-29-38(30-34-40)36-49(3)4/h15-18,21-24,27-34,46-47,51-52H,5-14,19-20,25-26,35-36H2,1-4H3. The summed E-state index contributed by atoms with van der Waals surface area (Å²) in [7, 11) is 8.31. The zero-order chi connectivity index (χ0) is 37.1. The van der Waals surface area contributed by atoms with Crippen LogP contribution in [0.3, 0.4) is 0 Å². The van der Waals surface area contributed by atoms with Crippen LogP contribution in [-0.4, -0.2) is 54.0 Å². The first kappa shape index (κ1) is 41.2. The Bertz CT molecular complexity index is 1480. The van der Waals surface area contributed by atoms with Crippen molar-refractivity contribution in [2.45, 2.75) is 115 Å².